The van der Waals surface area contributed by atoms with Crippen molar-refractivity contribution >= 4 is 22.4 Å². The van der Waals surface area contributed by atoms with E-state index in [2.05, 4.69) is 44.8 Å². The fourth-order valence-electron chi connectivity index (χ4n) is 6.58. The molecule has 2 atom stereocenters. The molecule has 0 amide bonds. The van der Waals surface area contributed by atoms with Crippen LogP contribution in [0.4, 0.5) is 11.4 Å². The number of aryl methyl sites for hydroxylation is 1. The van der Waals surface area contributed by atoms with E-state index in [0.29, 0.717) is 18.3 Å². The number of benzene rings is 1. The summed E-state index contributed by atoms with van der Waals surface area (Å²) in [6.45, 7) is 8.72. The fraction of sp³-hybridized carbons (Fsp3) is 0.500. The molecule has 4 aliphatic heterocycles. The minimum atomic E-state index is -0.202. The van der Waals surface area contributed by atoms with Crippen molar-refractivity contribution in [1.29, 1.82) is 0 Å². The molecular formula is C28H34N6O3. The van der Waals surface area contributed by atoms with Crippen LogP contribution in [-0.4, -0.2) is 78.5 Å². The monoisotopic (exact) mass is 502 g/mol. The average molecular weight is 503 g/mol. The molecule has 9 heteroatoms. The van der Waals surface area contributed by atoms with Crippen molar-refractivity contribution in [2.75, 3.05) is 55.6 Å². The maximum absolute atomic E-state index is 12.7. The molecule has 0 saturated carbocycles. The first-order valence-corrected chi connectivity index (χ1v) is 13.2. The highest BCUT2D eigenvalue weighted by Gasteiger charge is 2.50. The highest BCUT2D eigenvalue weighted by Crippen LogP contribution is 2.45. The van der Waals surface area contributed by atoms with Gasteiger partial charge < -0.3 is 25.0 Å². The van der Waals surface area contributed by atoms with Crippen LogP contribution in [-0.2, 0) is 28.7 Å². The lowest BCUT2D eigenvalue weighted by Crippen LogP contribution is -2.62. The number of morpholine rings is 1. The molecule has 194 valence electrons. The highest BCUT2D eigenvalue weighted by molar-refractivity contribution is 5.89. The average Bonchev–Trinajstić information content (AvgIpc) is 3.23. The third-order valence-corrected chi connectivity index (χ3v) is 8.42. The van der Waals surface area contributed by atoms with Gasteiger partial charge in [0.15, 0.2) is 0 Å². The predicted octanol–water partition coefficient (Wildman–Crippen LogP) is 1.42. The van der Waals surface area contributed by atoms with Gasteiger partial charge in [0.25, 0.3) is 5.56 Å². The molecule has 3 saturated heterocycles. The Labute approximate surface area is 216 Å². The molecule has 1 aromatic carbocycles. The second kappa shape index (κ2) is 8.52. The first-order valence-electron chi connectivity index (χ1n) is 13.2. The third-order valence-electron chi connectivity index (χ3n) is 8.42. The van der Waals surface area contributed by atoms with Crippen LogP contribution in [0.5, 0.6) is 0 Å². The van der Waals surface area contributed by atoms with Crippen LogP contribution < -0.4 is 21.1 Å². The van der Waals surface area contributed by atoms with E-state index in [1.807, 2.05) is 12.1 Å². The summed E-state index contributed by atoms with van der Waals surface area (Å²) in [4.78, 5) is 24.2. The number of fused-ring (bicyclic) bond motifs is 3. The maximum Gasteiger partial charge on any atom is 0.253 e. The molecule has 0 radical (unpaired) electrons. The molecule has 3 fully saturated rings. The Morgan fingerprint density at radius 1 is 1.11 bits per heavy atom. The van der Waals surface area contributed by atoms with Gasteiger partial charge in [0.1, 0.15) is 11.2 Å². The Morgan fingerprint density at radius 2 is 1.95 bits per heavy atom. The van der Waals surface area contributed by atoms with Gasteiger partial charge in [-0.25, -0.2) is 4.98 Å². The molecule has 0 aliphatic carbocycles. The van der Waals surface area contributed by atoms with Crippen LogP contribution in [0.2, 0.25) is 0 Å². The zero-order valence-corrected chi connectivity index (χ0v) is 21.5. The number of ether oxygens (including phenoxy) is 2. The number of nitrogens with two attached hydrogens (primary N) is 1. The SMILES string of the molecule is CC1CN(c2cc(=O)n(C)c3ncccc23)CC(CN2CC3(C2)OCc2cc(N4CC(N)C4)ccc23)O1. The molecule has 4 aliphatic rings. The lowest BCUT2D eigenvalue weighted by atomic mass is 9.84. The third kappa shape index (κ3) is 3.84. The second-order valence-corrected chi connectivity index (χ2v) is 11.2. The van der Waals surface area contributed by atoms with Crippen LogP contribution >= 0.6 is 0 Å². The van der Waals surface area contributed by atoms with Gasteiger partial charge in [-0.3, -0.25) is 14.3 Å². The van der Waals surface area contributed by atoms with Crippen molar-refractivity contribution in [3.05, 3.63) is 64.1 Å². The van der Waals surface area contributed by atoms with Crippen molar-refractivity contribution in [2.45, 2.75) is 37.4 Å². The summed E-state index contributed by atoms with van der Waals surface area (Å²) in [6.07, 6.45) is 1.86. The van der Waals surface area contributed by atoms with Crippen molar-refractivity contribution in [1.82, 2.24) is 14.5 Å². The van der Waals surface area contributed by atoms with Gasteiger partial charge in [0, 0.05) is 82.2 Å². The Bertz CT molecular complexity index is 1410. The van der Waals surface area contributed by atoms with Crippen LogP contribution in [0, 0.1) is 0 Å². The molecule has 2 N–H and O–H groups in total. The van der Waals surface area contributed by atoms with E-state index in [9.17, 15) is 4.79 Å². The molecule has 1 spiro atoms. The van der Waals surface area contributed by atoms with Crippen molar-refractivity contribution in [3.63, 3.8) is 0 Å². The lowest BCUT2D eigenvalue weighted by Gasteiger charge is -2.50. The van der Waals surface area contributed by atoms with Crippen molar-refractivity contribution in [3.8, 4) is 0 Å². The molecule has 3 aromatic rings. The summed E-state index contributed by atoms with van der Waals surface area (Å²) >= 11 is 0. The van der Waals surface area contributed by atoms with E-state index in [4.69, 9.17) is 15.2 Å². The summed E-state index contributed by atoms with van der Waals surface area (Å²) < 4.78 is 14.4. The van der Waals surface area contributed by atoms with E-state index in [0.717, 1.165) is 56.9 Å². The minimum absolute atomic E-state index is 0.0428. The molecule has 37 heavy (non-hydrogen) atoms. The molecular weight excluding hydrogens is 468 g/mol. The number of anilines is 2. The number of hydrogen-bond acceptors (Lipinski definition) is 8. The molecule has 2 aromatic heterocycles. The first kappa shape index (κ1) is 23.2. The number of pyridine rings is 2. The van der Waals surface area contributed by atoms with Gasteiger partial charge in [-0.15, -0.1) is 0 Å². The highest BCUT2D eigenvalue weighted by atomic mass is 16.5. The van der Waals surface area contributed by atoms with Crippen molar-refractivity contribution < 1.29 is 9.47 Å². The number of rotatable bonds is 4. The van der Waals surface area contributed by atoms with Crippen LogP contribution in [0.25, 0.3) is 11.0 Å². The van der Waals surface area contributed by atoms with Gasteiger partial charge in [0.05, 0.1) is 24.5 Å². The number of nitrogens with zero attached hydrogens (tertiary/aromatic N) is 5. The summed E-state index contributed by atoms with van der Waals surface area (Å²) in [5.41, 5.74) is 11.3. The molecule has 9 nitrogen and oxygen atoms in total. The van der Waals surface area contributed by atoms with E-state index < -0.39 is 0 Å². The largest absolute Gasteiger partial charge is 0.370 e. The Morgan fingerprint density at radius 3 is 2.76 bits per heavy atom. The van der Waals surface area contributed by atoms with E-state index >= 15 is 0 Å². The summed E-state index contributed by atoms with van der Waals surface area (Å²) in [5, 5.41) is 0.996. The maximum atomic E-state index is 12.7. The summed E-state index contributed by atoms with van der Waals surface area (Å²) in [7, 11) is 1.77. The number of hydrogen-bond donors (Lipinski definition) is 1. The standard InChI is InChI=1S/C28H34N6O3/c1-18-10-34(25-9-26(35)31(2)27-23(25)4-3-7-30-27)14-22(37-18)13-32-16-28(17-32)24-6-5-21(8-19(24)15-36-28)33-11-20(29)12-33/h3-9,18,20,22H,10-17,29H2,1-2H3. The quantitative estimate of drug-likeness (QED) is 0.573. The minimum Gasteiger partial charge on any atom is -0.370 e. The van der Waals surface area contributed by atoms with Gasteiger partial charge in [-0.1, -0.05) is 6.07 Å². The van der Waals surface area contributed by atoms with Gasteiger partial charge in [-0.2, -0.15) is 0 Å². The molecule has 0 bridgehead atoms. The molecule has 6 heterocycles. The first-order chi connectivity index (χ1) is 17.9. The van der Waals surface area contributed by atoms with Gasteiger partial charge >= 0.3 is 0 Å². The summed E-state index contributed by atoms with van der Waals surface area (Å²) in [5.74, 6) is 0. The fourth-order valence-corrected chi connectivity index (χ4v) is 6.58. The van der Waals surface area contributed by atoms with Crippen LogP contribution in [0.1, 0.15) is 18.1 Å². The zero-order valence-electron chi connectivity index (χ0n) is 21.5. The van der Waals surface area contributed by atoms with Gasteiger partial charge in [0.2, 0.25) is 0 Å². The Hall–Kier alpha value is -2.98. The van der Waals surface area contributed by atoms with Crippen LogP contribution in [0.3, 0.4) is 0 Å². The smallest absolute Gasteiger partial charge is 0.253 e. The molecule has 2 unspecified atom stereocenters. The number of likely N-dealkylation sites (tertiary alicyclic amines) is 1. The normalized spacial score (nSPS) is 25.4. The van der Waals surface area contributed by atoms with Crippen molar-refractivity contribution in [2.24, 2.45) is 12.8 Å². The second-order valence-electron chi connectivity index (χ2n) is 11.2. The zero-order chi connectivity index (χ0) is 25.3. The van der Waals surface area contributed by atoms with E-state index in [-0.39, 0.29) is 23.4 Å². The lowest BCUT2D eigenvalue weighted by molar-refractivity contribution is -0.155. The van der Waals surface area contributed by atoms with E-state index in [1.165, 1.54) is 16.8 Å². The predicted molar refractivity (Wildman–Crippen MR) is 143 cm³/mol. The van der Waals surface area contributed by atoms with Crippen LogP contribution in [0.15, 0.2) is 47.4 Å². The summed E-state index contributed by atoms with van der Waals surface area (Å²) in [6, 6.07) is 12.8. The number of aromatic nitrogens is 2. The molecule has 7 rings (SSSR count). The topological polar surface area (TPSA) is 89.1 Å². The Kier molecular flexibility index (Phi) is 5.34. The Balaban J connectivity index is 1.05. The van der Waals surface area contributed by atoms with Gasteiger partial charge in [-0.05, 0) is 42.3 Å². The van der Waals surface area contributed by atoms with E-state index in [1.54, 1.807) is 23.9 Å².